The first-order chi connectivity index (χ1) is 9.27. The van der Waals surface area contributed by atoms with Gasteiger partial charge in [0.1, 0.15) is 5.69 Å². The van der Waals surface area contributed by atoms with Gasteiger partial charge in [0.2, 0.25) is 5.91 Å². The van der Waals surface area contributed by atoms with Crippen LogP contribution in [0.1, 0.15) is 19.0 Å². The summed E-state index contributed by atoms with van der Waals surface area (Å²) in [6.45, 7) is 1.62. The number of carbonyl (C=O) groups excluding carboxylic acids is 2. The summed E-state index contributed by atoms with van der Waals surface area (Å²) in [5.74, 6) is -0.289. The fourth-order valence-electron chi connectivity index (χ4n) is 1.98. The molecule has 0 aromatic carbocycles. The summed E-state index contributed by atoms with van der Waals surface area (Å²) in [6.07, 6.45) is -3.38. The van der Waals surface area contributed by atoms with Gasteiger partial charge in [-0.05, 0) is 12.1 Å². The Labute approximate surface area is 117 Å². The van der Waals surface area contributed by atoms with E-state index in [-0.39, 0.29) is 34.9 Å². The number of halogens is 3. The molecule has 0 radical (unpaired) electrons. The van der Waals surface area contributed by atoms with Crippen molar-refractivity contribution >= 4 is 28.5 Å². The van der Waals surface area contributed by atoms with Crippen LogP contribution in [0.4, 0.5) is 18.9 Å². The molecule has 0 N–H and O–H groups in total. The van der Waals surface area contributed by atoms with Crippen LogP contribution in [0.3, 0.4) is 0 Å². The molecule has 4 nitrogen and oxygen atoms in total. The number of carbonyl (C=O) groups is 2. The second-order valence-electron chi connectivity index (χ2n) is 4.34. The van der Waals surface area contributed by atoms with E-state index in [9.17, 15) is 22.8 Å². The van der Waals surface area contributed by atoms with E-state index in [0.717, 1.165) is 24.0 Å². The lowest BCUT2D eigenvalue weighted by Gasteiger charge is -2.17. The second kappa shape index (κ2) is 5.43. The minimum absolute atomic E-state index is 0.115. The van der Waals surface area contributed by atoms with Crippen LogP contribution in [-0.2, 0) is 15.8 Å². The molecule has 8 heteroatoms. The molecule has 1 aromatic heterocycles. The molecule has 2 heterocycles. The van der Waals surface area contributed by atoms with Gasteiger partial charge in [-0.2, -0.15) is 13.2 Å². The molecule has 1 saturated heterocycles. The highest BCUT2D eigenvalue weighted by Crippen LogP contribution is 2.32. The van der Waals surface area contributed by atoms with Gasteiger partial charge in [0.05, 0.1) is 0 Å². The number of nitrogens with zero attached hydrogens (tertiary/aromatic N) is 2. The fourth-order valence-corrected chi connectivity index (χ4v) is 2.90. The molecule has 1 aromatic rings. The van der Waals surface area contributed by atoms with Gasteiger partial charge in [0, 0.05) is 37.0 Å². The Morgan fingerprint density at radius 1 is 1.50 bits per heavy atom. The molecule has 1 atom stereocenters. The average Bonchev–Trinajstić information content (AvgIpc) is 2.68. The van der Waals surface area contributed by atoms with Crippen LogP contribution >= 0.6 is 11.8 Å². The zero-order valence-electron chi connectivity index (χ0n) is 10.5. The number of hydrogen-bond acceptors (Lipinski definition) is 4. The first-order valence-electron chi connectivity index (χ1n) is 5.78. The van der Waals surface area contributed by atoms with Crippen LogP contribution < -0.4 is 4.90 Å². The van der Waals surface area contributed by atoms with Gasteiger partial charge in [-0.25, -0.2) is 0 Å². The van der Waals surface area contributed by atoms with Crippen molar-refractivity contribution in [3.05, 3.63) is 24.0 Å². The number of amides is 1. The molecule has 1 aliphatic rings. The molecule has 2 rings (SSSR count). The summed E-state index contributed by atoms with van der Waals surface area (Å²) in [4.78, 5) is 27.4. The van der Waals surface area contributed by atoms with Gasteiger partial charge in [-0.15, -0.1) is 0 Å². The van der Waals surface area contributed by atoms with Crippen LogP contribution in [0.2, 0.25) is 0 Å². The lowest BCUT2D eigenvalue weighted by Crippen LogP contribution is -2.25. The summed E-state index contributed by atoms with van der Waals surface area (Å²) in [5, 5.41) is -0.335. The lowest BCUT2D eigenvalue weighted by atomic mass is 10.3. The smallest absolute Gasteiger partial charge is 0.311 e. The Bertz CT molecular complexity index is 548. The van der Waals surface area contributed by atoms with E-state index in [1.54, 1.807) is 0 Å². The number of pyridine rings is 1. The number of thioether (sulfide) groups is 1. The number of alkyl halides is 3. The van der Waals surface area contributed by atoms with Crippen LogP contribution in [-0.4, -0.2) is 27.8 Å². The molecule has 108 valence electrons. The minimum Gasteiger partial charge on any atom is -0.311 e. The second-order valence-corrected chi connectivity index (χ2v) is 5.81. The zero-order chi connectivity index (χ0) is 14.9. The SMILES string of the molecule is CC(=O)SC1CC(=O)N(c2ccnc(C(F)(F)F)c2)C1. The predicted molar refractivity (Wildman–Crippen MR) is 68.3 cm³/mol. The summed E-state index contributed by atoms with van der Waals surface area (Å²) in [7, 11) is 0. The van der Waals surface area contributed by atoms with Crippen LogP contribution in [0.15, 0.2) is 18.3 Å². The fraction of sp³-hybridized carbons (Fsp3) is 0.417. The Morgan fingerprint density at radius 3 is 2.80 bits per heavy atom. The maximum Gasteiger partial charge on any atom is 0.433 e. The zero-order valence-corrected chi connectivity index (χ0v) is 11.3. The highest BCUT2D eigenvalue weighted by atomic mass is 32.2. The molecule has 0 bridgehead atoms. The van der Waals surface area contributed by atoms with E-state index in [4.69, 9.17) is 0 Å². The van der Waals surface area contributed by atoms with Crippen LogP contribution in [0, 0.1) is 0 Å². The van der Waals surface area contributed by atoms with E-state index in [1.165, 1.54) is 17.9 Å². The first kappa shape index (κ1) is 14.8. The molecule has 0 saturated carbocycles. The van der Waals surface area contributed by atoms with Crippen molar-refractivity contribution in [1.82, 2.24) is 4.98 Å². The van der Waals surface area contributed by atoms with E-state index in [1.807, 2.05) is 0 Å². The highest BCUT2D eigenvalue weighted by molar-refractivity contribution is 8.14. The third-order valence-electron chi connectivity index (χ3n) is 2.77. The van der Waals surface area contributed by atoms with Gasteiger partial charge in [-0.3, -0.25) is 14.6 Å². The Hall–Kier alpha value is -1.57. The molecule has 0 spiro atoms. The maximum atomic E-state index is 12.6. The summed E-state index contributed by atoms with van der Waals surface area (Å²) in [6, 6.07) is 2.20. The normalized spacial score (nSPS) is 19.5. The van der Waals surface area contributed by atoms with E-state index < -0.39 is 11.9 Å². The Morgan fingerprint density at radius 2 is 2.20 bits per heavy atom. The number of aromatic nitrogens is 1. The largest absolute Gasteiger partial charge is 0.433 e. The standard InChI is InChI=1S/C12H11F3N2O2S/c1-7(18)20-9-5-11(19)17(6-9)8-2-3-16-10(4-8)12(13,14)15/h2-4,9H,5-6H2,1H3. The van der Waals surface area contributed by atoms with Gasteiger partial charge in [0.15, 0.2) is 5.12 Å². The molecular weight excluding hydrogens is 293 g/mol. The van der Waals surface area contributed by atoms with Crippen molar-refractivity contribution in [2.75, 3.05) is 11.4 Å². The Kier molecular flexibility index (Phi) is 4.03. The van der Waals surface area contributed by atoms with E-state index in [0.29, 0.717) is 0 Å². The van der Waals surface area contributed by atoms with Crippen molar-refractivity contribution in [2.24, 2.45) is 0 Å². The highest BCUT2D eigenvalue weighted by Gasteiger charge is 2.35. The molecule has 20 heavy (non-hydrogen) atoms. The van der Waals surface area contributed by atoms with Crippen molar-refractivity contribution in [3.63, 3.8) is 0 Å². The predicted octanol–water partition coefficient (Wildman–Crippen LogP) is 2.49. The van der Waals surface area contributed by atoms with Crippen molar-refractivity contribution < 1.29 is 22.8 Å². The van der Waals surface area contributed by atoms with Gasteiger partial charge in [0.25, 0.3) is 0 Å². The van der Waals surface area contributed by atoms with Crippen molar-refractivity contribution in [3.8, 4) is 0 Å². The van der Waals surface area contributed by atoms with Gasteiger partial charge >= 0.3 is 6.18 Å². The van der Waals surface area contributed by atoms with Crippen LogP contribution in [0.25, 0.3) is 0 Å². The molecule has 0 aliphatic carbocycles. The van der Waals surface area contributed by atoms with Crippen LogP contribution in [0.5, 0.6) is 0 Å². The van der Waals surface area contributed by atoms with E-state index >= 15 is 0 Å². The molecule has 1 unspecified atom stereocenters. The van der Waals surface area contributed by atoms with Gasteiger partial charge in [-0.1, -0.05) is 11.8 Å². The van der Waals surface area contributed by atoms with E-state index in [2.05, 4.69) is 4.98 Å². The molecule has 1 aliphatic heterocycles. The first-order valence-corrected chi connectivity index (χ1v) is 6.66. The Balaban J connectivity index is 2.20. The van der Waals surface area contributed by atoms with Gasteiger partial charge < -0.3 is 4.90 Å². The molecule has 1 fully saturated rings. The third kappa shape index (κ3) is 3.30. The monoisotopic (exact) mass is 304 g/mol. The molecule has 1 amide bonds. The average molecular weight is 304 g/mol. The lowest BCUT2D eigenvalue weighted by molar-refractivity contribution is -0.141. The van der Waals surface area contributed by atoms with Crippen molar-refractivity contribution in [1.29, 1.82) is 0 Å². The maximum absolute atomic E-state index is 12.6. The van der Waals surface area contributed by atoms with Crippen molar-refractivity contribution in [2.45, 2.75) is 24.8 Å². The minimum atomic E-state index is -4.55. The number of anilines is 1. The third-order valence-corrected chi connectivity index (χ3v) is 3.75. The summed E-state index contributed by atoms with van der Waals surface area (Å²) in [5.41, 5.74) is -0.880. The number of hydrogen-bond donors (Lipinski definition) is 0. The summed E-state index contributed by atoms with van der Waals surface area (Å²) < 4.78 is 37.8. The topological polar surface area (TPSA) is 50.3 Å². The summed E-state index contributed by atoms with van der Waals surface area (Å²) >= 11 is 1.03. The molecular formula is C12H11F3N2O2S. The quantitative estimate of drug-likeness (QED) is 0.842. The number of rotatable bonds is 2.